The lowest BCUT2D eigenvalue weighted by molar-refractivity contribution is 0.194. The summed E-state index contributed by atoms with van der Waals surface area (Å²) in [7, 11) is 1.58. The molecule has 1 N–H and O–H groups in total. The Morgan fingerprint density at radius 1 is 1.03 bits per heavy atom. The number of amides is 1. The summed E-state index contributed by atoms with van der Waals surface area (Å²) in [5.74, 6) is 0.842. The molecule has 0 aliphatic heterocycles. The zero-order valence-electron chi connectivity index (χ0n) is 19.5. The highest BCUT2D eigenvalue weighted by Gasteiger charge is 2.34. The predicted molar refractivity (Wildman–Crippen MR) is 132 cm³/mol. The van der Waals surface area contributed by atoms with Gasteiger partial charge in [0, 0.05) is 11.1 Å². The molecule has 3 aromatic carbocycles. The molecule has 178 valence electrons. The molecule has 1 amide bonds. The number of carbonyl (C=O) groups excluding carboxylic acids is 1. The molecule has 1 aromatic heterocycles. The van der Waals surface area contributed by atoms with Gasteiger partial charge in [-0.1, -0.05) is 30.3 Å². The molecule has 0 radical (unpaired) electrons. The Kier molecular flexibility index (Phi) is 5.99. The molecule has 1 fully saturated rings. The molecule has 0 spiro atoms. The molecule has 35 heavy (non-hydrogen) atoms. The third kappa shape index (κ3) is 4.49. The minimum atomic E-state index is -0.653. The highest BCUT2D eigenvalue weighted by molar-refractivity contribution is 5.91. The van der Waals surface area contributed by atoms with Crippen LogP contribution in [0, 0.1) is 18.7 Å². The first kappa shape index (κ1) is 22.7. The Bertz CT molecular complexity index is 1460. The van der Waals surface area contributed by atoms with Crippen LogP contribution in [0.4, 0.5) is 9.18 Å². The van der Waals surface area contributed by atoms with Gasteiger partial charge in [-0.25, -0.2) is 9.18 Å². The van der Waals surface area contributed by atoms with Crippen LogP contribution in [0.2, 0.25) is 0 Å². The number of pyridine rings is 1. The molecule has 1 atom stereocenters. The standard InChI is InChI=1S/C28H25FN2O4/c1-17-26(35-28(33)30-25(18-10-11-18)19-6-5-7-20(29)16-19)23-8-3-4-9-24(23)27(32)31(17)21-12-14-22(34-2)15-13-21/h3-9,12-16,18,25H,10-11H2,1-2H3,(H,30,33)/t25-/m0/s1. The molecule has 6 nitrogen and oxygen atoms in total. The highest BCUT2D eigenvalue weighted by Crippen LogP contribution is 2.41. The van der Waals surface area contributed by atoms with Gasteiger partial charge in [0.1, 0.15) is 11.6 Å². The number of aromatic nitrogens is 1. The summed E-state index contributed by atoms with van der Waals surface area (Å²) in [5.41, 5.74) is 1.60. The van der Waals surface area contributed by atoms with Gasteiger partial charge in [0.2, 0.25) is 0 Å². The molecule has 1 aliphatic rings. The molecule has 0 unspecified atom stereocenters. The monoisotopic (exact) mass is 472 g/mol. The number of ether oxygens (including phenoxy) is 2. The van der Waals surface area contributed by atoms with Gasteiger partial charge in [-0.2, -0.15) is 0 Å². The molecule has 0 saturated heterocycles. The summed E-state index contributed by atoms with van der Waals surface area (Å²) in [6.45, 7) is 1.74. The summed E-state index contributed by atoms with van der Waals surface area (Å²) < 4.78 is 26.4. The van der Waals surface area contributed by atoms with Crippen LogP contribution in [0.25, 0.3) is 16.5 Å². The van der Waals surface area contributed by atoms with E-state index in [0.29, 0.717) is 39.2 Å². The first-order chi connectivity index (χ1) is 17.0. The second kappa shape index (κ2) is 9.25. The number of benzene rings is 3. The predicted octanol–water partition coefficient (Wildman–Crippen LogP) is 5.69. The number of nitrogens with one attached hydrogen (secondary N) is 1. The van der Waals surface area contributed by atoms with E-state index >= 15 is 0 Å². The molecular formula is C28H25FN2O4. The summed E-state index contributed by atoms with van der Waals surface area (Å²) in [6, 6.07) is 20.0. The summed E-state index contributed by atoms with van der Waals surface area (Å²) in [6.07, 6.45) is 1.25. The Balaban J connectivity index is 1.53. The quantitative estimate of drug-likeness (QED) is 0.392. The number of hydrogen-bond acceptors (Lipinski definition) is 4. The van der Waals surface area contributed by atoms with Gasteiger partial charge in [0.25, 0.3) is 5.56 Å². The maximum Gasteiger partial charge on any atom is 0.413 e. The van der Waals surface area contributed by atoms with Crippen molar-refractivity contribution in [3.05, 3.63) is 100 Å². The Morgan fingerprint density at radius 2 is 1.74 bits per heavy atom. The third-order valence-corrected chi connectivity index (χ3v) is 6.37. The van der Waals surface area contributed by atoms with Crippen molar-refractivity contribution in [2.24, 2.45) is 5.92 Å². The average molecular weight is 473 g/mol. The van der Waals surface area contributed by atoms with E-state index in [0.717, 1.165) is 12.8 Å². The van der Waals surface area contributed by atoms with Crippen LogP contribution >= 0.6 is 0 Å². The maximum absolute atomic E-state index is 13.8. The van der Waals surface area contributed by atoms with E-state index in [1.54, 1.807) is 74.7 Å². The number of rotatable bonds is 6. The van der Waals surface area contributed by atoms with Gasteiger partial charge >= 0.3 is 6.09 Å². The first-order valence-electron chi connectivity index (χ1n) is 11.5. The molecule has 4 aromatic rings. The van der Waals surface area contributed by atoms with Gasteiger partial charge < -0.3 is 14.8 Å². The van der Waals surface area contributed by atoms with Crippen LogP contribution in [0.3, 0.4) is 0 Å². The lowest BCUT2D eigenvalue weighted by Gasteiger charge is -2.21. The zero-order chi connectivity index (χ0) is 24.5. The SMILES string of the molecule is COc1ccc(-n2c(C)c(OC(=O)N[C@H](c3cccc(F)c3)C3CC3)c3ccccc3c2=O)cc1. The fraction of sp³-hybridized carbons (Fsp3) is 0.214. The second-order valence-electron chi connectivity index (χ2n) is 8.70. The maximum atomic E-state index is 13.8. The van der Waals surface area contributed by atoms with Crippen LogP contribution in [0.15, 0.2) is 77.6 Å². The van der Waals surface area contributed by atoms with Crippen LogP contribution in [-0.4, -0.2) is 17.8 Å². The van der Waals surface area contributed by atoms with Crippen LogP contribution in [0.5, 0.6) is 11.5 Å². The Hall–Kier alpha value is -4.13. The number of carbonyl (C=O) groups is 1. The lowest BCUT2D eigenvalue weighted by Crippen LogP contribution is -2.33. The van der Waals surface area contributed by atoms with Crippen molar-refractivity contribution in [3.63, 3.8) is 0 Å². The number of fused-ring (bicyclic) bond motifs is 1. The fourth-order valence-corrected chi connectivity index (χ4v) is 4.46. The minimum absolute atomic E-state index is 0.216. The van der Waals surface area contributed by atoms with Crippen molar-refractivity contribution in [2.75, 3.05) is 7.11 Å². The van der Waals surface area contributed by atoms with Crippen LogP contribution in [-0.2, 0) is 0 Å². The third-order valence-electron chi connectivity index (χ3n) is 6.37. The summed E-state index contributed by atoms with van der Waals surface area (Å²) in [4.78, 5) is 26.5. The molecular weight excluding hydrogens is 447 g/mol. The van der Waals surface area contributed by atoms with Crippen molar-refractivity contribution < 1.29 is 18.7 Å². The summed E-state index contributed by atoms with van der Waals surface area (Å²) >= 11 is 0. The van der Waals surface area contributed by atoms with Crippen molar-refractivity contribution >= 4 is 16.9 Å². The van der Waals surface area contributed by atoms with E-state index in [9.17, 15) is 14.0 Å². The van der Waals surface area contributed by atoms with Gasteiger partial charge in [-0.15, -0.1) is 0 Å². The second-order valence-corrected chi connectivity index (χ2v) is 8.70. The zero-order valence-corrected chi connectivity index (χ0v) is 19.5. The fourth-order valence-electron chi connectivity index (χ4n) is 4.46. The van der Waals surface area contributed by atoms with Gasteiger partial charge in [0.15, 0.2) is 5.75 Å². The number of halogens is 1. The Morgan fingerprint density at radius 3 is 2.40 bits per heavy atom. The average Bonchev–Trinajstić information content (AvgIpc) is 3.71. The molecule has 1 aliphatic carbocycles. The van der Waals surface area contributed by atoms with E-state index in [-0.39, 0.29) is 23.3 Å². The summed E-state index contributed by atoms with van der Waals surface area (Å²) in [5, 5.41) is 3.90. The van der Waals surface area contributed by atoms with E-state index in [1.807, 2.05) is 0 Å². The lowest BCUT2D eigenvalue weighted by atomic mass is 10.0. The Labute approximate surface area is 201 Å². The molecule has 1 saturated carbocycles. The number of hydrogen-bond donors (Lipinski definition) is 1. The van der Waals surface area contributed by atoms with Crippen molar-refractivity contribution in [2.45, 2.75) is 25.8 Å². The van der Waals surface area contributed by atoms with Crippen molar-refractivity contribution in [1.29, 1.82) is 0 Å². The van der Waals surface area contributed by atoms with Gasteiger partial charge in [0.05, 0.1) is 24.2 Å². The smallest absolute Gasteiger partial charge is 0.413 e. The highest BCUT2D eigenvalue weighted by atomic mass is 19.1. The topological polar surface area (TPSA) is 69.6 Å². The van der Waals surface area contributed by atoms with E-state index in [2.05, 4.69) is 5.32 Å². The number of nitrogens with zero attached hydrogens (tertiary/aromatic N) is 1. The molecule has 7 heteroatoms. The molecule has 5 rings (SSSR count). The van der Waals surface area contributed by atoms with Crippen LogP contribution in [0.1, 0.15) is 30.1 Å². The largest absolute Gasteiger partial charge is 0.497 e. The van der Waals surface area contributed by atoms with Crippen LogP contribution < -0.4 is 20.3 Å². The number of methoxy groups -OCH3 is 1. The van der Waals surface area contributed by atoms with E-state index in [4.69, 9.17) is 9.47 Å². The molecule has 0 bridgehead atoms. The van der Waals surface area contributed by atoms with E-state index < -0.39 is 6.09 Å². The van der Waals surface area contributed by atoms with Gasteiger partial charge in [-0.3, -0.25) is 9.36 Å². The minimum Gasteiger partial charge on any atom is -0.497 e. The van der Waals surface area contributed by atoms with E-state index in [1.165, 1.54) is 16.7 Å². The molecule has 1 heterocycles. The normalized spacial score (nSPS) is 13.9. The van der Waals surface area contributed by atoms with Crippen molar-refractivity contribution in [1.82, 2.24) is 9.88 Å². The van der Waals surface area contributed by atoms with Gasteiger partial charge in [-0.05, 0) is 73.7 Å². The first-order valence-corrected chi connectivity index (χ1v) is 11.5. The van der Waals surface area contributed by atoms with Crippen molar-refractivity contribution in [3.8, 4) is 17.2 Å².